The van der Waals surface area contributed by atoms with Gasteiger partial charge in [-0.3, -0.25) is 0 Å². The summed E-state index contributed by atoms with van der Waals surface area (Å²) >= 11 is 6.18. The Morgan fingerprint density at radius 3 is 2.33 bits per heavy atom. The second kappa shape index (κ2) is 6.08. The van der Waals surface area contributed by atoms with E-state index in [0.29, 0.717) is 16.3 Å². The third kappa shape index (κ3) is 3.78. The summed E-state index contributed by atoms with van der Waals surface area (Å²) in [5.41, 5.74) is 1.84. The fourth-order valence-electron chi connectivity index (χ4n) is 2.21. The van der Waals surface area contributed by atoms with E-state index < -0.39 is 6.10 Å². The van der Waals surface area contributed by atoms with Crippen LogP contribution in [0.25, 0.3) is 0 Å². The number of hydrogen-bond acceptors (Lipinski definition) is 2. The molecule has 112 valence electrons. The quantitative estimate of drug-likeness (QED) is 0.813. The Labute approximate surface area is 131 Å². The van der Waals surface area contributed by atoms with Crippen molar-refractivity contribution >= 4 is 11.6 Å². The van der Waals surface area contributed by atoms with E-state index in [1.165, 1.54) is 0 Å². The van der Waals surface area contributed by atoms with Crippen molar-refractivity contribution in [3.05, 3.63) is 58.6 Å². The van der Waals surface area contributed by atoms with Gasteiger partial charge < -0.3 is 9.84 Å². The van der Waals surface area contributed by atoms with E-state index in [9.17, 15) is 5.11 Å². The van der Waals surface area contributed by atoms with Crippen molar-refractivity contribution in [3.8, 4) is 11.5 Å². The van der Waals surface area contributed by atoms with Crippen LogP contribution in [0, 0.1) is 0 Å². The fourth-order valence-corrected chi connectivity index (χ4v) is 2.54. The molecule has 0 aliphatic heterocycles. The van der Waals surface area contributed by atoms with Gasteiger partial charge in [-0.15, -0.1) is 0 Å². The minimum absolute atomic E-state index is 0.0000582. The summed E-state index contributed by atoms with van der Waals surface area (Å²) in [5.74, 6) is 1.49. The lowest BCUT2D eigenvalue weighted by Crippen LogP contribution is -2.12. The average molecular weight is 305 g/mol. The van der Waals surface area contributed by atoms with Crippen molar-refractivity contribution in [2.24, 2.45) is 0 Å². The van der Waals surface area contributed by atoms with E-state index in [0.717, 1.165) is 11.3 Å². The van der Waals surface area contributed by atoms with Gasteiger partial charge in [0.05, 0.1) is 11.1 Å². The predicted molar refractivity (Wildman–Crippen MR) is 87.3 cm³/mol. The van der Waals surface area contributed by atoms with Crippen LogP contribution >= 0.6 is 11.6 Å². The molecular weight excluding hydrogens is 284 g/mol. The molecule has 0 aromatic heterocycles. The Morgan fingerprint density at radius 1 is 1.10 bits per heavy atom. The van der Waals surface area contributed by atoms with Crippen LogP contribution in [-0.4, -0.2) is 5.11 Å². The van der Waals surface area contributed by atoms with Gasteiger partial charge in [-0.25, -0.2) is 0 Å². The third-order valence-electron chi connectivity index (χ3n) is 3.34. The van der Waals surface area contributed by atoms with Crippen LogP contribution in [0.5, 0.6) is 11.5 Å². The second-order valence-corrected chi connectivity index (χ2v) is 6.61. The van der Waals surface area contributed by atoms with Crippen molar-refractivity contribution in [2.45, 2.75) is 39.2 Å². The van der Waals surface area contributed by atoms with Crippen LogP contribution in [0.15, 0.2) is 42.5 Å². The van der Waals surface area contributed by atoms with Gasteiger partial charge >= 0.3 is 0 Å². The highest BCUT2D eigenvalue weighted by Crippen LogP contribution is 2.35. The lowest BCUT2D eigenvalue weighted by atomic mass is 9.86. The highest BCUT2D eigenvalue weighted by Gasteiger charge is 2.19. The van der Waals surface area contributed by atoms with E-state index >= 15 is 0 Å². The standard InChI is InChI=1S/C18H21ClO2/c1-12(20)14-10-9-13(11-16(14)19)21-17-8-6-5-7-15(17)18(2,3)4/h5-12,20H,1-4H3. The number of benzene rings is 2. The Morgan fingerprint density at radius 2 is 1.76 bits per heavy atom. The number of para-hydroxylation sites is 1. The van der Waals surface area contributed by atoms with Crippen LogP contribution in [0.4, 0.5) is 0 Å². The molecule has 0 saturated heterocycles. The molecule has 2 aromatic rings. The molecule has 2 aromatic carbocycles. The number of rotatable bonds is 3. The summed E-state index contributed by atoms with van der Waals surface area (Å²) in [6.07, 6.45) is -0.589. The van der Waals surface area contributed by atoms with Crippen molar-refractivity contribution in [3.63, 3.8) is 0 Å². The molecule has 1 atom stereocenters. The highest BCUT2D eigenvalue weighted by molar-refractivity contribution is 6.31. The molecule has 0 amide bonds. The van der Waals surface area contributed by atoms with Gasteiger partial charge in [0.2, 0.25) is 0 Å². The van der Waals surface area contributed by atoms with Crippen LogP contribution < -0.4 is 4.74 Å². The molecule has 3 heteroatoms. The summed E-state index contributed by atoms with van der Waals surface area (Å²) in [6, 6.07) is 13.4. The first-order valence-corrected chi connectivity index (χ1v) is 7.41. The lowest BCUT2D eigenvalue weighted by Gasteiger charge is -2.22. The molecule has 2 rings (SSSR count). The maximum Gasteiger partial charge on any atom is 0.131 e. The first-order valence-electron chi connectivity index (χ1n) is 7.04. The van der Waals surface area contributed by atoms with Gasteiger partial charge in [-0.05, 0) is 36.1 Å². The smallest absolute Gasteiger partial charge is 0.131 e. The first-order chi connectivity index (χ1) is 9.79. The SMILES string of the molecule is CC(O)c1ccc(Oc2ccccc2C(C)(C)C)cc1Cl. The minimum Gasteiger partial charge on any atom is -0.457 e. The Balaban J connectivity index is 2.33. The lowest BCUT2D eigenvalue weighted by molar-refractivity contribution is 0.199. The number of aliphatic hydroxyl groups excluding tert-OH is 1. The topological polar surface area (TPSA) is 29.5 Å². The molecule has 0 heterocycles. The molecule has 0 saturated carbocycles. The number of halogens is 1. The molecule has 0 radical (unpaired) electrons. The summed E-state index contributed by atoms with van der Waals surface area (Å²) in [7, 11) is 0. The van der Waals surface area contributed by atoms with E-state index in [-0.39, 0.29) is 5.41 Å². The summed E-state index contributed by atoms with van der Waals surface area (Å²) in [5, 5.41) is 10.1. The monoisotopic (exact) mass is 304 g/mol. The zero-order valence-electron chi connectivity index (χ0n) is 12.9. The first kappa shape index (κ1) is 15.9. The summed E-state index contributed by atoms with van der Waals surface area (Å²) in [6.45, 7) is 8.15. The van der Waals surface area contributed by atoms with Gasteiger partial charge in [-0.2, -0.15) is 0 Å². The van der Waals surface area contributed by atoms with E-state index in [1.54, 1.807) is 19.1 Å². The van der Waals surface area contributed by atoms with Gasteiger partial charge in [-0.1, -0.05) is 56.6 Å². The van der Waals surface area contributed by atoms with Crippen molar-refractivity contribution in [1.29, 1.82) is 0 Å². The van der Waals surface area contributed by atoms with Crippen molar-refractivity contribution in [1.82, 2.24) is 0 Å². The van der Waals surface area contributed by atoms with E-state index in [4.69, 9.17) is 16.3 Å². The molecule has 21 heavy (non-hydrogen) atoms. The Bertz CT molecular complexity index is 627. The van der Waals surface area contributed by atoms with Gasteiger partial charge in [0.25, 0.3) is 0 Å². The molecule has 0 aliphatic carbocycles. The Hall–Kier alpha value is -1.51. The molecule has 0 aliphatic rings. The highest BCUT2D eigenvalue weighted by atomic mass is 35.5. The predicted octanol–water partition coefficient (Wildman–Crippen LogP) is 5.48. The minimum atomic E-state index is -0.589. The van der Waals surface area contributed by atoms with Crippen LogP contribution in [0.2, 0.25) is 5.02 Å². The van der Waals surface area contributed by atoms with Crippen LogP contribution in [0.1, 0.15) is 44.9 Å². The normalized spacial score (nSPS) is 13.0. The summed E-state index contributed by atoms with van der Waals surface area (Å²) in [4.78, 5) is 0. The zero-order chi connectivity index (χ0) is 15.6. The van der Waals surface area contributed by atoms with E-state index in [1.807, 2.05) is 24.3 Å². The third-order valence-corrected chi connectivity index (χ3v) is 3.67. The van der Waals surface area contributed by atoms with Crippen LogP contribution in [-0.2, 0) is 5.41 Å². The maximum atomic E-state index is 9.61. The number of aliphatic hydroxyl groups is 1. The van der Waals surface area contributed by atoms with Gasteiger partial charge in [0, 0.05) is 5.56 Å². The maximum absolute atomic E-state index is 9.61. The largest absolute Gasteiger partial charge is 0.457 e. The molecular formula is C18H21ClO2. The molecule has 0 bridgehead atoms. The van der Waals surface area contributed by atoms with Gasteiger partial charge in [0.1, 0.15) is 11.5 Å². The van der Waals surface area contributed by atoms with E-state index in [2.05, 4.69) is 26.8 Å². The second-order valence-electron chi connectivity index (χ2n) is 6.21. The van der Waals surface area contributed by atoms with Crippen molar-refractivity contribution in [2.75, 3.05) is 0 Å². The molecule has 2 nitrogen and oxygen atoms in total. The molecule has 1 unspecified atom stereocenters. The Kier molecular flexibility index (Phi) is 4.60. The molecule has 0 spiro atoms. The van der Waals surface area contributed by atoms with Gasteiger partial charge in [0.15, 0.2) is 0 Å². The van der Waals surface area contributed by atoms with Crippen LogP contribution in [0.3, 0.4) is 0 Å². The fraction of sp³-hybridized carbons (Fsp3) is 0.333. The average Bonchev–Trinajstić information content (AvgIpc) is 2.37. The summed E-state index contributed by atoms with van der Waals surface area (Å²) < 4.78 is 5.99. The number of ether oxygens (including phenoxy) is 1. The zero-order valence-corrected chi connectivity index (χ0v) is 13.6. The molecule has 1 N–H and O–H groups in total. The molecule has 0 fully saturated rings. The van der Waals surface area contributed by atoms with Crippen molar-refractivity contribution < 1.29 is 9.84 Å². The number of hydrogen-bond donors (Lipinski definition) is 1.